The predicted molar refractivity (Wildman–Crippen MR) is 115 cm³/mol. The van der Waals surface area contributed by atoms with Crippen LogP contribution in [0.25, 0.3) is 0 Å². The summed E-state index contributed by atoms with van der Waals surface area (Å²) in [5.41, 5.74) is 6.40. The highest BCUT2D eigenvalue weighted by atomic mass is 35.5. The van der Waals surface area contributed by atoms with Crippen LogP contribution in [0, 0.1) is 0 Å². The zero-order valence-electron chi connectivity index (χ0n) is 17.2. The minimum Gasteiger partial charge on any atom is -0.462 e. The zero-order chi connectivity index (χ0) is 21.4. The average Bonchev–Trinajstić information content (AvgIpc) is 3.08. The molecule has 29 heavy (non-hydrogen) atoms. The SMILES string of the molecule is CC(C)(C)OC=O.NC(=O)c1cn(C2CCCCC2)nc1Nc1ccc(Cl)cc1. The molecule has 0 radical (unpaired) electrons. The number of nitrogens with zero attached hydrogens (tertiary/aromatic N) is 2. The number of benzene rings is 1. The van der Waals surface area contributed by atoms with Gasteiger partial charge >= 0.3 is 0 Å². The van der Waals surface area contributed by atoms with Gasteiger partial charge in [-0.3, -0.25) is 14.3 Å². The summed E-state index contributed by atoms with van der Waals surface area (Å²) in [5, 5.41) is 8.35. The molecule has 158 valence electrons. The van der Waals surface area contributed by atoms with Crippen LogP contribution in [0.15, 0.2) is 30.5 Å². The molecule has 0 aliphatic heterocycles. The van der Waals surface area contributed by atoms with Crippen molar-refractivity contribution in [2.75, 3.05) is 5.32 Å². The quantitative estimate of drug-likeness (QED) is 0.674. The number of nitrogens with two attached hydrogens (primary N) is 1. The van der Waals surface area contributed by atoms with Crippen molar-refractivity contribution in [2.45, 2.75) is 64.5 Å². The summed E-state index contributed by atoms with van der Waals surface area (Å²) in [6.07, 6.45) is 7.64. The molecule has 1 heterocycles. The maximum Gasteiger partial charge on any atom is 0.293 e. The number of ether oxygens (including phenoxy) is 1. The Balaban J connectivity index is 0.000000370. The molecule has 1 aromatic heterocycles. The van der Waals surface area contributed by atoms with Crippen molar-refractivity contribution in [1.29, 1.82) is 0 Å². The van der Waals surface area contributed by atoms with Crippen molar-refractivity contribution in [3.63, 3.8) is 0 Å². The molecule has 0 spiro atoms. The van der Waals surface area contributed by atoms with Crippen LogP contribution in [0.1, 0.15) is 69.3 Å². The molecule has 0 atom stereocenters. The van der Waals surface area contributed by atoms with E-state index in [0.29, 0.717) is 28.9 Å². The number of nitrogens with one attached hydrogen (secondary N) is 1. The van der Waals surface area contributed by atoms with Crippen molar-refractivity contribution < 1.29 is 14.3 Å². The molecule has 1 saturated carbocycles. The van der Waals surface area contributed by atoms with Crippen LogP contribution in [0.3, 0.4) is 0 Å². The van der Waals surface area contributed by atoms with E-state index in [-0.39, 0.29) is 5.60 Å². The van der Waals surface area contributed by atoms with E-state index in [4.69, 9.17) is 17.3 Å². The number of halogens is 1. The van der Waals surface area contributed by atoms with Crippen molar-refractivity contribution in [2.24, 2.45) is 5.73 Å². The summed E-state index contributed by atoms with van der Waals surface area (Å²) in [5.74, 6) is 0.0268. The Labute approximate surface area is 176 Å². The third kappa shape index (κ3) is 7.42. The molecule has 0 unspecified atom stereocenters. The minimum absolute atomic E-state index is 0.318. The van der Waals surface area contributed by atoms with E-state index in [2.05, 4.69) is 15.2 Å². The highest BCUT2D eigenvalue weighted by Gasteiger charge is 2.20. The molecule has 1 aromatic carbocycles. The molecule has 1 fully saturated rings. The molecule has 3 N–H and O–H groups in total. The van der Waals surface area contributed by atoms with Crippen molar-refractivity contribution in [3.8, 4) is 0 Å². The Morgan fingerprint density at radius 3 is 2.34 bits per heavy atom. The van der Waals surface area contributed by atoms with Crippen molar-refractivity contribution in [3.05, 3.63) is 41.0 Å². The summed E-state index contributed by atoms with van der Waals surface area (Å²) >= 11 is 5.88. The standard InChI is InChI=1S/C16H19ClN4O.C5H10O2/c17-11-6-8-12(9-7-11)19-16-14(15(18)22)10-21(20-16)13-4-2-1-3-5-13;1-5(2,3)7-4-6/h6-10,13H,1-5H2,(H2,18,22)(H,19,20);4H,1-3H3. The molecule has 1 aliphatic carbocycles. The van der Waals surface area contributed by atoms with Gasteiger partial charge in [0.05, 0.1) is 6.04 Å². The van der Waals surface area contributed by atoms with Crippen molar-refractivity contribution in [1.82, 2.24) is 9.78 Å². The number of carbonyl (C=O) groups is 2. The summed E-state index contributed by atoms with van der Waals surface area (Å²) in [6, 6.07) is 7.60. The highest BCUT2D eigenvalue weighted by Crippen LogP contribution is 2.30. The number of aromatic nitrogens is 2. The normalized spacial score (nSPS) is 14.5. The van der Waals surface area contributed by atoms with Crippen LogP contribution >= 0.6 is 11.6 Å². The van der Waals surface area contributed by atoms with Crippen LogP contribution in [0.4, 0.5) is 11.5 Å². The van der Waals surface area contributed by atoms with Gasteiger partial charge in [-0.25, -0.2) is 0 Å². The number of rotatable bonds is 5. The minimum atomic E-state index is -0.474. The van der Waals surface area contributed by atoms with Crippen LogP contribution < -0.4 is 11.1 Å². The highest BCUT2D eigenvalue weighted by molar-refractivity contribution is 6.30. The van der Waals surface area contributed by atoms with Gasteiger partial charge in [0.25, 0.3) is 12.4 Å². The number of hydrogen-bond acceptors (Lipinski definition) is 5. The molecular weight excluding hydrogens is 392 g/mol. The molecule has 0 saturated heterocycles. The average molecular weight is 421 g/mol. The van der Waals surface area contributed by atoms with Gasteiger partial charge in [0.2, 0.25) is 0 Å². The molecule has 7 nitrogen and oxygen atoms in total. The van der Waals surface area contributed by atoms with Crippen LogP contribution in [-0.2, 0) is 9.53 Å². The van der Waals surface area contributed by atoms with Gasteiger partial charge in [0.1, 0.15) is 11.2 Å². The first-order valence-corrected chi connectivity index (χ1v) is 10.1. The van der Waals surface area contributed by atoms with Gasteiger partial charge in [0, 0.05) is 16.9 Å². The second-order valence-electron chi connectivity index (χ2n) is 7.99. The fraction of sp³-hybridized carbons (Fsp3) is 0.476. The lowest BCUT2D eigenvalue weighted by Crippen LogP contribution is -2.17. The smallest absolute Gasteiger partial charge is 0.293 e. The molecule has 0 bridgehead atoms. The van der Waals surface area contributed by atoms with E-state index in [1.807, 2.05) is 37.6 Å². The van der Waals surface area contributed by atoms with Crippen LogP contribution in [0.2, 0.25) is 5.02 Å². The van der Waals surface area contributed by atoms with Gasteiger partial charge in [-0.05, 0) is 57.9 Å². The fourth-order valence-corrected chi connectivity index (χ4v) is 3.14. The molecular formula is C21H29ClN4O3. The van der Waals surface area contributed by atoms with Crippen LogP contribution in [-0.4, -0.2) is 27.8 Å². The molecule has 8 heteroatoms. The number of amides is 1. The fourth-order valence-electron chi connectivity index (χ4n) is 3.01. The van der Waals surface area contributed by atoms with E-state index in [0.717, 1.165) is 18.5 Å². The Hall–Kier alpha value is -2.54. The number of anilines is 2. The molecule has 1 aliphatic rings. The lowest BCUT2D eigenvalue weighted by atomic mass is 9.96. The maximum atomic E-state index is 11.7. The number of primary amides is 1. The molecule has 2 aromatic rings. The third-order valence-corrected chi connectivity index (χ3v) is 4.71. The van der Waals surface area contributed by atoms with Crippen LogP contribution in [0.5, 0.6) is 0 Å². The first kappa shape index (κ1) is 22.7. The molecule has 3 rings (SSSR count). The van der Waals surface area contributed by atoms with E-state index < -0.39 is 5.91 Å². The summed E-state index contributed by atoms with van der Waals surface area (Å²) in [4.78, 5) is 21.3. The second kappa shape index (κ2) is 10.3. The topological polar surface area (TPSA) is 99.2 Å². The van der Waals surface area contributed by atoms with Gasteiger partial charge < -0.3 is 15.8 Å². The van der Waals surface area contributed by atoms with Gasteiger partial charge in [0.15, 0.2) is 5.82 Å². The van der Waals surface area contributed by atoms with E-state index >= 15 is 0 Å². The number of carbonyl (C=O) groups excluding carboxylic acids is 2. The Bertz CT molecular complexity index is 806. The third-order valence-electron chi connectivity index (χ3n) is 4.45. The maximum absolute atomic E-state index is 11.7. The lowest BCUT2D eigenvalue weighted by Gasteiger charge is -2.21. The predicted octanol–water partition coefficient (Wildman–Crippen LogP) is 4.84. The van der Waals surface area contributed by atoms with E-state index in [9.17, 15) is 9.59 Å². The Kier molecular flexibility index (Phi) is 8.08. The van der Waals surface area contributed by atoms with E-state index in [1.165, 1.54) is 19.3 Å². The Morgan fingerprint density at radius 2 is 1.86 bits per heavy atom. The van der Waals surface area contributed by atoms with Gasteiger partial charge in [-0.1, -0.05) is 30.9 Å². The van der Waals surface area contributed by atoms with Gasteiger partial charge in [-0.15, -0.1) is 0 Å². The first-order valence-electron chi connectivity index (χ1n) is 9.72. The summed E-state index contributed by atoms with van der Waals surface area (Å²) in [6.45, 7) is 5.92. The summed E-state index contributed by atoms with van der Waals surface area (Å²) < 4.78 is 6.44. The first-order chi connectivity index (χ1) is 13.7. The largest absolute Gasteiger partial charge is 0.462 e. The molecule has 1 amide bonds. The monoisotopic (exact) mass is 420 g/mol. The summed E-state index contributed by atoms with van der Waals surface area (Å²) in [7, 11) is 0. The second-order valence-corrected chi connectivity index (χ2v) is 8.42. The van der Waals surface area contributed by atoms with Crippen molar-refractivity contribution >= 4 is 35.5 Å². The van der Waals surface area contributed by atoms with Gasteiger partial charge in [-0.2, -0.15) is 5.10 Å². The zero-order valence-corrected chi connectivity index (χ0v) is 17.9. The Morgan fingerprint density at radius 1 is 1.24 bits per heavy atom. The van der Waals surface area contributed by atoms with E-state index in [1.54, 1.807) is 18.3 Å². The lowest BCUT2D eigenvalue weighted by molar-refractivity contribution is -0.138. The number of hydrogen-bond donors (Lipinski definition) is 2.